The van der Waals surface area contributed by atoms with Crippen LogP contribution in [0.25, 0.3) is 10.9 Å². The summed E-state index contributed by atoms with van der Waals surface area (Å²) in [6, 6.07) is 12.1. The fraction of sp³-hybridized carbons (Fsp3) is 0.318. The summed E-state index contributed by atoms with van der Waals surface area (Å²) in [6.07, 6.45) is 4.63. The number of carbonyl (C=O) groups is 1. The number of ether oxygens (including phenoxy) is 1. The third kappa shape index (κ3) is 4.08. The molecule has 27 heavy (non-hydrogen) atoms. The van der Waals surface area contributed by atoms with E-state index in [0.29, 0.717) is 30.0 Å². The maximum atomic E-state index is 12.7. The fourth-order valence-corrected chi connectivity index (χ4v) is 3.11. The number of Topliss-reactive ketones (excluding diaryl/α,β-unsaturated/α-hetero) is 1. The van der Waals surface area contributed by atoms with Crippen molar-refractivity contribution < 1.29 is 9.53 Å². The second-order valence-corrected chi connectivity index (χ2v) is 6.44. The monoisotopic (exact) mass is 363 g/mol. The van der Waals surface area contributed by atoms with Gasteiger partial charge in [-0.25, -0.2) is 9.97 Å². The quantitative estimate of drug-likeness (QED) is 0.558. The number of ketones is 1. The predicted octanol–water partition coefficient (Wildman–Crippen LogP) is 5.18. The lowest BCUT2D eigenvalue weighted by molar-refractivity contribution is 0.0982. The number of anilines is 1. The Morgan fingerprint density at radius 3 is 2.63 bits per heavy atom. The smallest absolute Gasteiger partial charge is 0.240 e. The van der Waals surface area contributed by atoms with Crippen molar-refractivity contribution in [3.05, 3.63) is 59.9 Å². The minimum atomic E-state index is 0.0358. The highest BCUT2D eigenvalue weighted by Crippen LogP contribution is 2.33. The van der Waals surface area contributed by atoms with E-state index in [9.17, 15) is 4.79 Å². The maximum Gasteiger partial charge on any atom is 0.240 e. The molecule has 0 saturated carbocycles. The van der Waals surface area contributed by atoms with Crippen LogP contribution < -0.4 is 10.1 Å². The van der Waals surface area contributed by atoms with Gasteiger partial charge in [-0.1, -0.05) is 37.3 Å². The van der Waals surface area contributed by atoms with Crippen LogP contribution in [0.2, 0.25) is 0 Å². The van der Waals surface area contributed by atoms with Gasteiger partial charge in [-0.3, -0.25) is 4.79 Å². The number of hydrogen-bond acceptors (Lipinski definition) is 5. The summed E-state index contributed by atoms with van der Waals surface area (Å²) in [6.45, 7) is 6.51. The molecule has 0 aliphatic rings. The minimum Gasteiger partial charge on any atom is -0.476 e. The van der Waals surface area contributed by atoms with E-state index < -0.39 is 0 Å². The lowest BCUT2D eigenvalue weighted by Gasteiger charge is -2.20. The Labute approximate surface area is 159 Å². The molecular formula is C22H25N3O2. The van der Waals surface area contributed by atoms with Crippen LogP contribution >= 0.6 is 0 Å². The Morgan fingerprint density at radius 1 is 1.15 bits per heavy atom. The number of hydrogen-bond donors (Lipinski definition) is 1. The first kappa shape index (κ1) is 18.8. The van der Waals surface area contributed by atoms with Crippen LogP contribution in [0.5, 0.6) is 5.88 Å². The molecule has 2 aromatic heterocycles. The highest BCUT2D eigenvalue weighted by molar-refractivity contribution is 6.08. The van der Waals surface area contributed by atoms with Crippen LogP contribution in [0.3, 0.4) is 0 Å². The summed E-state index contributed by atoms with van der Waals surface area (Å²) in [5.74, 6) is 0.573. The Bertz CT molecular complexity index is 925. The lowest BCUT2D eigenvalue weighted by Crippen LogP contribution is -2.12. The van der Waals surface area contributed by atoms with E-state index in [0.717, 1.165) is 23.1 Å². The third-order valence-corrected chi connectivity index (χ3v) is 4.47. The van der Waals surface area contributed by atoms with E-state index in [1.54, 1.807) is 12.4 Å². The van der Waals surface area contributed by atoms with Crippen LogP contribution in [0.15, 0.2) is 48.8 Å². The molecule has 0 saturated heterocycles. The molecular weight excluding hydrogens is 338 g/mol. The first-order chi connectivity index (χ1) is 13.2. The van der Waals surface area contributed by atoms with Gasteiger partial charge in [0, 0.05) is 30.2 Å². The zero-order valence-electron chi connectivity index (χ0n) is 16.0. The van der Waals surface area contributed by atoms with Crippen LogP contribution in [-0.2, 0) is 0 Å². The molecule has 0 fully saturated rings. The second kappa shape index (κ2) is 8.62. The highest BCUT2D eigenvalue weighted by atomic mass is 16.5. The maximum absolute atomic E-state index is 12.7. The molecule has 0 radical (unpaired) electrons. The number of benzene rings is 1. The van der Waals surface area contributed by atoms with Crippen molar-refractivity contribution in [1.82, 2.24) is 9.97 Å². The van der Waals surface area contributed by atoms with Crippen LogP contribution in [-0.4, -0.2) is 22.4 Å². The molecule has 1 unspecified atom stereocenters. The Morgan fingerprint density at radius 2 is 1.93 bits per heavy atom. The molecule has 0 aliphatic heterocycles. The molecule has 5 nitrogen and oxygen atoms in total. The zero-order valence-corrected chi connectivity index (χ0v) is 16.0. The van der Waals surface area contributed by atoms with Crippen molar-refractivity contribution in [2.75, 3.05) is 11.9 Å². The molecule has 1 aromatic carbocycles. The third-order valence-electron chi connectivity index (χ3n) is 4.47. The number of carbonyl (C=O) groups excluding carboxylic acids is 1. The number of aromatic nitrogens is 2. The summed E-state index contributed by atoms with van der Waals surface area (Å²) < 4.78 is 5.63. The van der Waals surface area contributed by atoms with Gasteiger partial charge >= 0.3 is 0 Å². The van der Waals surface area contributed by atoms with Crippen molar-refractivity contribution in [3.8, 4) is 5.88 Å². The van der Waals surface area contributed by atoms with E-state index in [2.05, 4.69) is 34.3 Å². The van der Waals surface area contributed by atoms with Crippen LogP contribution in [0.1, 0.15) is 55.6 Å². The normalized spacial score (nSPS) is 12.0. The molecule has 3 rings (SSSR count). The summed E-state index contributed by atoms with van der Waals surface area (Å²) in [4.78, 5) is 21.5. The number of rotatable bonds is 8. The lowest BCUT2D eigenvalue weighted by atomic mass is 10.0. The SMILES string of the molecule is CCCC(=O)c1cnc2c(OCC)nccc2c1NC(C)c1ccccc1. The topological polar surface area (TPSA) is 64.1 Å². The average molecular weight is 363 g/mol. The number of pyridine rings is 2. The summed E-state index contributed by atoms with van der Waals surface area (Å²) in [5.41, 5.74) is 3.21. The molecule has 140 valence electrons. The molecule has 0 spiro atoms. The molecule has 0 aliphatic carbocycles. The first-order valence-electron chi connectivity index (χ1n) is 9.40. The van der Waals surface area contributed by atoms with E-state index in [1.807, 2.05) is 38.1 Å². The fourth-order valence-electron chi connectivity index (χ4n) is 3.11. The van der Waals surface area contributed by atoms with Crippen LogP contribution in [0.4, 0.5) is 5.69 Å². The van der Waals surface area contributed by atoms with Gasteiger partial charge in [0.05, 0.1) is 17.9 Å². The molecule has 1 N–H and O–H groups in total. The first-order valence-corrected chi connectivity index (χ1v) is 9.40. The van der Waals surface area contributed by atoms with Crippen molar-refractivity contribution in [2.24, 2.45) is 0 Å². The van der Waals surface area contributed by atoms with Crippen molar-refractivity contribution in [2.45, 2.75) is 39.7 Å². The number of nitrogens with zero attached hydrogens (tertiary/aromatic N) is 2. The van der Waals surface area contributed by atoms with Gasteiger partial charge in [0.1, 0.15) is 5.52 Å². The van der Waals surface area contributed by atoms with E-state index in [-0.39, 0.29) is 11.8 Å². The van der Waals surface area contributed by atoms with Gasteiger partial charge < -0.3 is 10.1 Å². The largest absolute Gasteiger partial charge is 0.476 e. The highest BCUT2D eigenvalue weighted by Gasteiger charge is 2.19. The van der Waals surface area contributed by atoms with Gasteiger partial charge in [-0.05, 0) is 31.9 Å². The molecule has 1 atom stereocenters. The minimum absolute atomic E-state index is 0.0358. The van der Waals surface area contributed by atoms with Gasteiger partial charge in [0.25, 0.3) is 0 Å². The van der Waals surface area contributed by atoms with Gasteiger partial charge in [-0.2, -0.15) is 0 Å². The summed E-state index contributed by atoms with van der Waals surface area (Å²) in [5, 5.41) is 4.38. The standard InChI is InChI=1S/C22H25N3O2/c1-4-9-19(26)18-14-24-21-17(12-13-23-22(21)27-5-2)20(18)25-15(3)16-10-7-6-8-11-16/h6-8,10-15H,4-5,9H2,1-3H3,(H,24,25). The number of nitrogens with one attached hydrogen (secondary N) is 1. The summed E-state index contributed by atoms with van der Waals surface area (Å²) >= 11 is 0. The number of fused-ring (bicyclic) bond motifs is 1. The van der Waals surface area contributed by atoms with Crippen LogP contribution in [0, 0.1) is 0 Å². The Kier molecular flexibility index (Phi) is 6.01. The van der Waals surface area contributed by atoms with Gasteiger partial charge in [-0.15, -0.1) is 0 Å². The molecule has 0 amide bonds. The van der Waals surface area contributed by atoms with E-state index in [4.69, 9.17) is 4.74 Å². The molecule has 5 heteroatoms. The van der Waals surface area contributed by atoms with Crippen molar-refractivity contribution in [1.29, 1.82) is 0 Å². The van der Waals surface area contributed by atoms with E-state index in [1.165, 1.54) is 0 Å². The zero-order chi connectivity index (χ0) is 19.2. The van der Waals surface area contributed by atoms with Gasteiger partial charge in [0.15, 0.2) is 5.78 Å². The van der Waals surface area contributed by atoms with E-state index >= 15 is 0 Å². The summed E-state index contributed by atoms with van der Waals surface area (Å²) in [7, 11) is 0. The second-order valence-electron chi connectivity index (χ2n) is 6.44. The van der Waals surface area contributed by atoms with Crippen molar-refractivity contribution in [3.63, 3.8) is 0 Å². The Balaban J connectivity index is 2.11. The molecule has 3 aromatic rings. The van der Waals surface area contributed by atoms with Gasteiger partial charge in [0.2, 0.25) is 5.88 Å². The van der Waals surface area contributed by atoms with Crippen molar-refractivity contribution >= 4 is 22.4 Å². The predicted molar refractivity (Wildman–Crippen MR) is 108 cm³/mol. The Hall–Kier alpha value is -2.95. The molecule has 0 bridgehead atoms. The average Bonchev–Trinajstić information content (AvgIpc) is 2.69. The molecule has 2 heterocycles.